The number of aromatic nitrogens is 3. The van der Waals surface area contributed by atoms with Gasteiger partial charge in [0.25, 0.3) is 0 Å². The van der Waals surface area contributed by atoms with Crippen LogP contribution in [0.25, 0.3) is 0 Å². The molecule has 0 spiro atoms. The lowest BCUT2D eigenvalue weighted by atomic mass is 9.99. The molecule has 0 fully saturated rings. The molecule has 4 nitrogen and oxygen atoms in total. The molecule has 0 amide bonds. The van der Waals surface area contributed by atoms with Gasteiger partial charge >= 0.3 is 0 Å². The quantitative estimate of drug-likeness (QED) is 0.876. The Kier molecular flexibility index (Phi) is 4.90. The molecule has 0 aliphatic carbocycles. The first kappa shape index (κ1) is 14.7. The van der Waals surface area contributed by atoms with Gasteiger partial charge in [0.1, 0.15) is 0 Å². The van der Waals surface area contributed by atoms with Crippen LogP contribution in [0.1, 0.15) is 28.9 Å². The molecule has 0 saturated heterocycles. The highest BCUT2D eigenvalue weighted by Crippen LogP contribution is 2.16. The van der Waals surface area contributed by atoms with Crippen molar-refractivity contribution in [3.05, 3.63) is 47.0 Å². The van der Waals surface area contributed by atoms with Crippen LogP contribution in [-0.4, -0.2) is 27.9 Å². The van der Waals surface area contributed by atoms with E-state index in [0.29, 0.717) is 6.04 Å². The molecule has 0 aliphatic heterocycles. The molecule has 2 rings (SSSR count). The zero-order chi connectivity index (χ0) is 14.5. The minimum absolute atomic E-state index is 0.471. The maximum atomic E-state index is 4.48. The number of nitrogens with zero attached hydrogens (tertiary/aromatic N) is 3. The minimum Gasteiger partial charge on any atom is -0.317 e. The predicted molar refractivity (Wildman–Crippen MR) is 81.8 cm³/mol. The third kappa shape index (κ3) is 3.45. The Hall–Kier alpha value is -1.68. The lowest BCUT2D eigenvalue weighted by Gasteiger charge is -2.16. The molecule has 1 atom stereocenters. The Bertz CT molecular complexity index is 545. The molecule has 0 saturated carbocycles. The first-order chi connectivity index (χ1) is 9.61. The van der Waals surface area contributed by atoms with Crippen LogP contribution in [0.15, 0.2) is 24.5 Å². The van der Waals surface area contributed by atoms with Crippen molar-refractivity contribution in [2.24, 2.45) is 7.05 Å². The van der Waals surface area contributed by atoms with Crippen molar-refractivity contribution in [2.45, 2.75) is 39.2 Å². The summed E-state index contributed by atoms with van der Waals surface area (Å²) in [5.41, 5.74) is 5.10. The van der Waals surface area contributed by atoms with Crippen molar-refractivity contribution in [2.75, 3.05) is 7.05 Å². The third-order valence-electron chi connectivity index (χ3n) is 4.01. The first-order valence-electron chi connectivity index (χ1n) is 7.17. The molecule has 0 aliphatic rings. The van der Waals surface area contributed by atoms with E-state index in [1.807, 2.05) is 37.2 Å². The predicted octanol–water partition coefficient (Wildman–Crippen LogP) is 2.20. The van der Waals surface area contributed by atoms with E-state index in [0.717, 1.165) is 25.0 Å². The van der Waals surface area contributed by atoms with Crippen LogP contribution in [0, 0.1) is 13.8 Å². The number of pyridine rings is 1. The van der Waals surface area contributed by atoms with E-state index in [-0.39, 0.29) is 0 Å². The van der Waals surface area contributed by atoms with Crippen LogP contribution < -0.4 is 5.32 Å². The van der Waals surface area contributed by atoms with Gasteiger partial charge in [-0.3, -0.25) is 9.67 Å². The van der Waals surface area contributed by atoms with E-state index in [1.54, 1.807) is 0 Å². The Morgan fingerprint density at radius 1 is 1.35 bits per heavy atom. The molecular formula is C16H24N4. The van der Waals surface area contributed by atoms with Gasteiger partial charge in [-0.15, -0.1) is 0 Å². The molecular weight excluding hydrogens is 248 g/mol. The summed E-state index contributed by atoms with van der Waals surface area (Å²) in [7, 11) is 4.04. The molecule has 2 aromatic rings. The van der Waals surface area contributed by atoms with Crippen molar-refractivity contribution < 1.29 is 0 Å². The standard InChI is InChI=1S/C16H24N4/c1-12-16(13(2)20(4)19-12)8-7-15(17-3)10-14-6-5-9-18-11-14/h5-6,9,11,15,17H,7-8,10H2,1-4H3. The highest BCUT2D eigenvalue weighted by Gasteiger charge is 2.13. The molecule has 108 valence electrons. The SMILES string of the molecule is CNC(CCc1c(C)nn(C)c1C)Cc1cccnc1. The lowest BCUT2D eigenvalue weighted by Crippen LogP contribution is -2.28. The maximum absolute atomic E-state index is 4.48. The summed E-state index contributed by atoms with van der Waals surface area (Å²) < 4.78 is 1.97. The molecule has 0 aromatic carbocycles. The van der Waals surface area contributed by atoms with Gasteiger partial charge < -0.3 is 5.32 Å². The normalized spacial score (nSPS) is 12.6. The highest BCUT2D eigenvalue weighted by molar-refractivity contribution is 5.24. The van der Waals surface area contributed by atoms with Gasteiger partial charge in [-0.1, -0.05) is 6.07 Å². The summed E-state index contributed by atoms with van der Waals surface area (Å²) in [6.45, 7) is 4.24. The number of rotatable bonds is 6. The number of nitrogens with one attached hydrogen (secondary N) is 1. The van der Waals surface area contributed by atoms with E-state index in [1.165, 1.54) is 16.8 Å². The topological polar surface area (TPSA) is 42.7 Å². The van der Waals surface area contributed by atoms with E-state index in [4.69, 9.17) is 0 Å². The van der Waals surface area contributed by atoms with Crippen molar-refractivity contribution in [1.82, 2.24) is 20.1 Å². The molecule has 1 N–H and O–H groups in total. The fraction of sp³-hybridized carbons (Fsp3) is 0.500. The Morgan fingerprint density at radius 2 is 2.15 bits per heavy atom. The van der Waals surface area contributed by atoms with E-state index < -0.39 is 0 Å². The first-order valence-corrected chi connectivity index (χ1v) is 7.17. The largest absolute Gasteiger partial charge is 0.317 e. The van der Waals surface area contributed by atoms with Crippen molar-refractivity contribution in [3.8, 4) is 0 Å². The van der Waals surface area contributed by atoms with Crippen LogP contribution in [0.3, 0.4) is 0 Å². The average Bonchev–Trinajstić information content (AvgIpc) is 2.70. The average molecular weight is 272 g/mol. The summed E-state index contributed by atoms with van der Waals surface area (Å²) in [5, 5.41) is 7.90. The minimum atomic E-state index is 0.471. The highest BCUT2D eigenvalue weighted by atomic mass is 15.3. The van der Waals surface area contributed by atoms with E-state index >= 15 is 0 Å². The van der Waals surface area contributed by atoms with Crippen LogP contribution in [0.4, 0.5) is 0 Å². The lowest BCUT2D eigenvalue weighted by molar-refractivity contribution is 0.518. The summed E-state index contributed by atoms with van der Waals surface area (Å²) in [6, 6.07) is 4.60. The van der Waals surface area contributed by atoms with E-state index in [2.05, 4.69) is 35.3 Å². The van der Waals surface area contributed by atoms with Gasteiger partial charge in [-0.05, 0) is 57.4 Å². The second kappa shape index (κ2) is 6.66. The monoisotopic (exact) mass is 272 g/mol. The summed E-state index contributed by atoms with van der Waals surface area (Å²) in [4.78, 5) is 4.18. The number of likely N-dealkylation sites (N-methyl/N-ethyl adjacent to an activating group) is 1. The van der Waals surface area contributed by atoms with Crippen LogP contribution in [-0.2, 0) is 19.9 Å². The number of hydrogen-bond donors (Lipinski definition) is 1. The smallest absolute Gasteiger partial charge is 0.0628 e. The van der Waals surface area contributed by atoms with Gasteiger partial charge in [0.15, 0.2) is 0 Å². The zero-order valence-electron chi connectivity index (χ0n) is 12.8. The summed E-state index contributed by atoms with van der Waals surface area (Å²) >= 11 is 0. The second-order valence-corrected chi connectivity index (χ2v) is 5.36. The van der Waals surface area contributed by atoms with Crippen molar-refractivity contribution in [1.29, 1.82) is 0 Å². The van der Waals surface area contributed by atoms with E-state index in [9.17, 15) is 0 Å². The Labute approximate surface area is 121 Å². The van der Waals surface area contributed by atoms with Crippen LogP contribution >= 0.6 is 0 Å². The molecule has 0 radical (unpaired) electrons. The Balaban J connectivity index is 1.97. The van der Waals surface area contributed by atoms with Crippen LogP contribution in [0.2, 0.25) is 0 Å². The number of aryl methyl sites for hydroxylation is 2. The molecule has 0 bridgehead atoms. The number of hydrogen-bond acceptors (Lipinski definition) is 3. The fourth-order valence-corrected chi connectivity index (χ4v) is 2.65. The second-order valence-electron chi connectivity index (χ2n) is 5.36. The van der Waals surface area contributed by atoms with Crippen molar-refractivity contribution in [3.63, 3.8) is 0 Å². The summed E-state index contributed by atoms with van der Waals surface area (Å²) in [6.07, 6.45) is 6.96. The van der Waals surface area contributed by atoms with Gasteiger partial charge in [-0.2, -0.15) is 5.10 Å². The molecule has 4 heteroatoms. The van der Waals surface area contributed by atoms with Gasteiger partial charge in [0.05, 0.1) is 5.69 Å². The van der Waals surface area contributed by atoms with Crippen LogP contribution in [0.5, 0.6) is 0 Å². The third-order valence-corrected chi connectivity index (χ3v) is 4.01. The molecule has 1 unspecified atom stereocenters. The molecule has 2 heterocycles. The van der Waals surface area contributed by atoms with Gasteiger partial charge in [-0.25, -0.2) is 0 Å². The maximum Gasteiger partial charge on any atom is 0.0628 e. The Morgan fingerprint density at radius 3 is 2.70 bits per heavy atom. The fourth-order valence-electron chi connectivity index (χ4n) is 2.65. The van der Waals surface area contributed by atoms with Crippen molar-refractivity contribution >= 4 is 0 Å². The summed E-state index contributed by atoms with van der Waals surface area (Å²) in [5.74, 6) is 0. The van der Waals surface area contributed by atoms with Gasteiger partial charge in [0.2, 0.25) is 0 Å². The zero-order valence-corrected chi connectivity index (χ0v) is 12.8. The molecule has 2 aromatic heterocycles. The molecule has 20 heavy (non-hydrogen) atoms. The van der Waals surface area contributed by atoms with Gasteiger partial charge in [0, 0.05) is 31.2 Å².